The van der Waals surface area contributed by atoms with Crippen LogP contribution in [0.3, 0.4) is 0 Å². The van der Waals surface area contributed by atoms with E-state index in [1.54, 1.807) is 46.6 Å². The standard InChI is InChI=1S/C8H9N3S4/c1-12-6-4-5(9-7(11-6)13-2)10-8(14-3)15-4/h1-3H3. The van der Waals surface area contributed by atoms with E-state index in [0.717, 1.165) is 24.9 Å². The molecular weight excluding hydrogens is 266 g/mol. The molecule has 0 aliphatic heterocycles. The molecule has 0 amide bonds. The van der Waals surface area contributed by atoms with Crippen LogP contribution in [-0.2, 0) is 0 Å². The number of hydrogen-bond acceptors (Lipinski definition) is 7. The molecule has 2 aromatic heterocycles. The average Bonchev–Trinajstić information content (AvgIpc) is 2.70. The number of thioether (sulfide) groups is 3. The molecule has 0 spiro atoms. The van der Waals surface area contributed by atoms with Gasteiger partial charge in [0.2, 0.25) is 0 Å². The quantitative estimate of drug-likeness (QED) is 0.486. The molecule has 2 rings (SSSR count). The minimum absolute atomic E-state index is 0.796. The molecule has 0 atom stereocenters. The van der Waals surface area contributed by atoms with Crippen molar-refractivity contribution in [2.24, 2.45) is 0 Å². The van der Waals surface area contributed by atoms with Gasteiger partial charge in [0.15, 0.2) is 15.1 Å². The van der Waals surface area contributed by atoms with E-state index in [0.29, 0.717) is 0 Å². The molecule has 0 aliphatic carbocycles. The lowest BCUT2D eigenvalue weighted by Gasteiger charge is -1.98. The van der Waals surface area contributed by atoms with Gasteiger partial charge in [-0.1, -0.05) is 23.5 Å². The SMILES string of the molecule is CSc1nc(SC)c2sc(SC)nc2n1. The Bertz CT molecular complexity index is 482. The third-order valence-electron chi connectivity index (χ3n) is 1.73. The molecule has 2 heterocycles. The van der Waals surface area contributed by atoms with Crippen LogP contribution in [0.15, 0.2) is 14.5 Å². The normalized spacial score (nSPS) is 11.1. The zero-order valence-corrected chi connectivity index (χ0v) is 11.7. The molecule has 0 unspecified atom stereocenters. The Kier molecular flexibility index (Phi) is 3.76. The van der Waals surface area contributed by atoms with Gasteiger partial charge in [-0.3, -0.25) is 0 Å². The van der Waals surface area contributed by atoms with Gasteiger partial charge in [-0.2, -0.15) is 0 Å². The average molecular weight is 275 g/mol. The predicted molar refractivity (Wildman–Crippen MR) is 70.6 cm³/mol. The van der Waals surface area contributed by atoms with Gasteiger partial charge in [-0.15, -0.1) is 23.1 Å². The number of rotatable bonds is 3. The smallest absolute Gasteiger partial charge is 0.190 e. The zero-order chi connectivity index (χ0) is 10.8. The first-order chi connectivity index (χ1) is 7.28. The fourth-order valence-corrected chi connectivity index (χ4v) is 3.71. The minimum atomic E-state index is 0.796. The van der Waals surface area contributed by atoms with Crippen molar-refractivity contribution in [3.63, 3.8) is 0 Å². The van der Waals surface area contributed by atoms with E-state index >= 15 is 0 Å². The van der Waals surface area contributed by atoms with Crippen LogP contribution in [0, 0.1) is 0 Å². The number of thiazole rings is 1. The Morgan fingerprint density at radius 3 is 2.33 bits per heavy atom. The van der Waals surface area contributed by atoms with Gasteiger partial charge in [0.25, 0.3) is 0 Å². The largest absolute Gasteiger partial charge is 0.214 e. The molecule has 0 aliphatic rings. The highest BCUT2D eigenvalue weighted by Gasteiger charge is 2.11. The van der Waals surface area contributed by atoms with Crippen LogP contribution in [0.4, 0.5) is 0 Å². The lowest BCUT2D eigenvalue weighted by molar-refractivity contribution is 0.928. The first-order valence-electron chi connectivity index (χ1n) is 4.09. The summed E-state index contributed by atoms with van der Waals surface area (Å²) >= 11 is 6.52. The molecule has 0 saturated carbocycles. The molecule has 0 fully saturated rings. The van der Waals surface area contributed by atoms with Crippen LogP contribution < -0.4 is 0 Å². The zero-order valence-electron chi connectivity index (χ0n) is 8.47. The number of nitrogens with zero attached hydrogens (tertiary/aromatic N) is 3. The first kappa shape index (κ1) is 11.5. The van der Waals surface area contributed by atoms with Gasteiger partial charge >= 0.3 is 0 Å². The highest BCUT2D eigenvalue weighted by Crippen LogP contribution is 2.33. The molecule has 0 aromatic carbocycles. The van der Waals surface area contributed by atoms with E-state index < -0.39 is 0 Å². The second-order valence-electron chi connectivity index (χ2n) is 2.56. The topological polar surface area (TPSA) is 38.7 Å². The monoisotopic (exact) mass is 275 g/mol. The predicted octanol–water partition coefficient (Wildman–Crippen LogP) is 3.25. The maximum Gasteiger partial charge on any atom is 0.190 e. The van der Waals surface area contributed by atoms with Crippen molar-refractivity contribution in [1.82, 2.24) is 15.0 Å². The summed E-state index contributed by atoms with van der Waals surface area (Å²) < 4.78 is 2.15. The van der Waals surface area contributed by atoms with Crippen LogP contribution in [0.1, 0.15) is 0 Å². The minimum Gasteiger partial charge on any atom is -0.214 e. The van der Waals surface area contributed by atoms with Gasteiger partial charge in [0.1, 0.15) is 9.73 Å². The van der Waals surface area contributed by atoms with E-state index in [2.05, 4.69) is 15.0 Å². The molecule has 15 heavy (non-hydrogen) atoms. The van der Waals surface area contributed by atoms with Crippen molar-refractivity contribution in [3.8, 4) is 0 Å². The molecule has 0 bridgehead atoms. The summed E-state index contributed by atoms with van der Waals surface area (Å²) in [6.07, 6.45) is 6.04. The summed E-state index contributed by atoms with van der Waals surface area (Å²) in [7, 11) is 0. The third kappa shape index (κ3) is 2.25. The van der Waals surface area contributed by atoms with Crippen molar-refractivity contribution in [3.05, 3.63) is 0 Å². The molecule has 7 heteroatoms. The van der Waals surface area contributed by atoms with Crippen molar-refractivity contribution in [2.75, 3.05) is 18.8 Å². The maximum absolute atomic E-state index is 4.46. The molecular formula is C8H9N3S4. The third-order valence-corrected chi connectivity index (χ3v) is 5.13. The Labute approximate surface area is 105 Å². The molecule has 0 radical (unpaired) electrons. The number of hydrogen-bond donors (Lipinski definition) is 0. The molecule has 0 N–H and O–H groups in total. The second kappa shape index (κ2) is 4.90. The van der Waals surface area contributed by atoms with Gasteiger partial charge in [0.05, 0.1) is 0 Å². The summed E-state index contributed by atoms with van der Waals surface area (Å²) in [5, 5.41) is 1.83. The van der Waals surface area contributed by atoms with E-state index in [4.69, 9.17) is 0 Å². The van der Waals surface area contributed by atoms with Crippen LogP contribution >= 0.6 is 46.6 Å². The summed E-state index contributed by atoms with van der Waals surface area (Å²) in [4.78, 5) is 13.3. The summed E-state index contributed by atoms with van der Waals surface area (Å²) in [5.41, 5.74) is 0.827. The fraction of sp³-hybridized carbons (Fsp3) is 0.375. The fourth-order valence-electron chi connectivity index (χ4n) is 1.08. The number of fused-ring (bicyclic) bond motifs is 1. The highest BCUT2D eigenvalue weighted by molar-refractivity contribution is 8.00. The summed E-state index contributed by atoms with van der Waals surface area (Å²) in [5.74, 6) is 0. The van der Waals surface area contributed by atoms with E-state index in [9.17, 15) is 0 Å². The van der Waals surface area contributed by atoms with Crippen LogP contribution in [0.5, 0.6) is 0 Å². The Balaban J connectivity index is 2.66. The number of aromatic nitrogens is 3. The van der Waals surface area contributed by atoms with Crippen molar-refractivity contribution in [1.29, 1.82) is 0 Å². The molecule has 2 aromatic rings. The first-order valence-corrected chi connectivity index (χ1v) is 8.58. The second-order valence-corrected chi connectivity index (χ2v) is 6.18. The molecule has 0 saturated heterocycles. The van der Waals surface area contributed by atoms with Crippen LogP contribution in [0.2, 0.25) is 0 Å². The van der Waals surface area contributed by atoms with E-state index in [1.807, 2.05) is 18.8 Å². The van der Waals surface area contributed by atoms with Gasteiger partial charge in [-0.25, -0.2) is 15.0 Å². The van der Waals surface area contributed by atoms with Gasteiger partial charge in [0, 0.05) is 0 Å². The van der Waals surface area contributed by atoms with E-state index in [-0.39, 0.29) is 0 Å². The molecule has 80 valence electrons. The lowest BCUT2D eigenvalue weighted by Crippen LogP contribution is -1.89. The summed E-state index contributed by atoms with van der Waals surface area (Å²) in [6.45, 7) is 0. The van der Waals surface area contributed by atoms with Crippen LogP contribution in [0.25, 0.3) is 10.3 Å². The van der Waals surface area contributed by atoms with Gasteiger partial charge in [-0.05, 0) is 18.8 Å². The Morgan fingerprint density at radius 1 is 0.933 bits per heavy atom. The lowest BCUT2D eigenvalue weighted by atomic mass is 10.6. The van der Waals surface area contributed by atoms with E-state index in [1.165, 1.54) is 0 Å². The molecule has 3 nitrogen and oxygen atoms in total. The Hall–Kier alpha value is 0.0200. The van der Waals surface area contributed by atoms with Crippen molar-refractivity contribution >= 4 is 57.0 Å². The Morgan fingerprint density at radius 2 is 1.73 bits per heavy atom. The highest BCUT2D eigenvalue weighted by atomic mass is 32.2. The van der Waals surface area contributed by atoms with Crippen molar-refractivity contribution < 1.29 is 0 Å². The summed E-state index contributed by atoms with van der Waals surface area (Å²) in [6, 6.07) is 0. The van der Waals surface area contributed by atoms with Crippen molar-refractivity contribution in [2.45, 2.75) is 14.5 Å². The van der Waals surface area contributed by atoms with Gasteiger partial charge < -0.3 is 0 Å². The van der Waals surface area contributed by atoms with Crippen LogP contribution in [-0.4, -0.2) is 33.7 Å². The maximum atomic E-state index is 4.46.